The lowest BCUT2D eigenvalue weighted by Gasteiger charge is -2.22. The second kappa shape index (κ2) is 5.09. The summed E-state index contributed by atoms with van der Waals surface area (Å²) in [7, 11) is -2.55. The van der Waals surface area contributed by atoms with Gasteiger partial charge >= 0.3 is 5.97 Å². The summed E-state index contributed by atoms with van der Waals surface area (Å²) in [5.41, 5.74) is -0.900. The van der Waals surface area contributed by atoms with Gasteiger partial charge in [-0.15, -0.1) is 0 Å². The molecule has 1 heterocycles. The number of furan rings is 1. The predicted octanol–water partition coefficient (Wildman–Crippen LogP) is -0.0318. The Labute approximate surface area is 105 Å². The van der Waals surface area contributed by atoms with Gasteiger partial charge in [-0.1, -0.05) is 0 Å². The second-order valence-electron chi connectivity index (χ2n) is 4.24. The quantitative estimate of drug-likeness (QED) is 0.730. The number of carbonyl (C=O) groups excluding carboxylic acids is 1. The van der Waals surface area contributed by atoms with E-state index in [2.05, 4.69) is 10.1 Å². The van der Waals surface area contributed by atoms with Gasteiger partial charge in [0.15, 0.2) is 0 Å². The standard InChI is InChI=1S/C10H16N2O5S/c1-10(2,9(13)16-3)12-6-7-4-5-8(17-7)18(11,14)15/h4-5,12H,6H2,1-3H3,(H2,11,14,15). The highest BCUT2D eigenvalue weighted by atomic mass is 32.2. The molecule has 0 spiro atoms. The van der Waals surface area contributed by atoms with Crippen LogP contribution in [0, 0.1) is 0 Å². The number of primary sulfonamides is 1. The van der Waals surface area contributed by atoms with Crippen LogP contribution >= 0.6 is 0 Å². The van der Waals surface area contributed by atoms with Crippen LogP contribution in [-0.4, -0.2) is 27.0 Å². The fourth-order valence-electron chi connectivity index (χ4n) is 1.24. The zero-order valence-corrected chi connectivity index (χ0v) is 11.2. The van der Waals surface area contributed by atoms with Crippen LogP contribution in [0.3, 0.4) is 0 Å². The van der Waals surface area contributed by atoms with E-state index >= 15 is 0 Å². The first-order valence-electron chi connectivity index (χ1n) is 5.12. The van der Waals surface area contributed by atoms with Gasteiger partial charge in [0.2, 0.25) is 5.09 Å². The third-order valence-electron chi connectivity index (χ3n) is 2.32. The fraction of sp³-hybridized carbons (Fsp3) is 0.500. The van der Waals surface area contributed by atoms with E-state index in [1.165, 1.54) is 19.2 Å². The van der Waals surface area contributed by atoms with Crippen molar-refractivity contribution in [2.75, 3.05) is 7.11 Å². The zero-order valence-electron chi connectivity index (χ0n) is 10.4. The van der Waals surface area contributed by atoms with Crippen LogP contribution in [0.1, 0.15) is 19.6 Å². The largest absolute Gasteiger partial charge is 0.468 e. The lowest BCUT2D eigenvalue weighted by Crippen LogP contribution is -2.46. The molecule has 0 saturated carbocycles. The van der Waals surface area contributed by atoms with Gasteiger partial charge in [-0.2, -0.15) is 0 Å². The summed E-state index contributed by atoms with van der Waals surface area (Å²) < 4.78 is 31.6. The second-order valence-corrected chi connectivity index (χ2v) is 5.73. The zero-order chi connectivity index (χ0) is 14.0. The van der Waals surface area contributed by atoms with Crippen LogP contribution in [0.2, 0.25) is 0 Å². The van der Waals surface area contributed by atoms with Crippen LogP contribution in [0.5, 0.6) is 0 Å². The van der Waals surface area contributed by atoms with E-state index in [9.17, 15) is 13.2 Å². The van der Waals surface area contributed by atoms with Crippen molar-refractivity contribution in [3.05, 3.63) is 17.9 Å². The fourth-order valence-corrected chi connectivity index (χ4v) is 1.72. The summed E-state index contributed by atoms with van der Waals surface area (Å²) in [6, 6.07) is 2.73. The maximum atomic E-state index is 11.4. The van der Waals surface area contributed by atoms with Gasteiger partial charge in [0.1, 0.15) is 11.3 Å². The van der Waals surface area contributed by atoms with Gasteiger partial charge in [0.25, 0.3) is 10.0 Å². The molecule has 0 fully saturated rings. The molecule has 3 N–H and O–H groups in total. The van der Waals surface area contributed by atoms with E-state index in [0.717, 1.165) is 0 Å². The van der Waals surface area contributed by atoms with Crippen LogP contribution in [0.15, 0.2) is 21.6 Å². The number of sulfonamides is 1. The van der Waals surface area contributed by atoms with Crippen molar-refractivity contribution in [2.24, 2.45) is 5.14 Å². The third kappa shape index (κ3) is 3.56. The van der Waals surface area contributed by atoms with E-state index in [-0.39, 0.29) is 11.6 Å². The summed E-state index contributed by atoms with van der Waals surface area (Å²) in [5, 5.41) is 7.48. The molecule has 0 unspecified atom stereocenters. The third-order valence-corrected chi connectivity index (χ3v) is 3.10. The van der Waals surface area contributed by atoms with Crippen molar-refractivity contribution in [2.45, 2.75) is 31.0 Å². The van der Waals surface area contributed by atoms with Gasteiger partial charge < -0.3 is 9.15 Å². The Bertz CT molecular complexity index is 532. The molecular formula is C10H16N2O5S. The minimum Gasteiger partial charge on any atom is -0.468 e. The highest BCUT2D eigenvalue weighted by Gasteiger charge is 2.28. The first kappa shape index (κ1) is 14.7. The molecule has 0 amide bonds. The van der Waals surface area contributed by atoms with Crippen molar-refractivity contribution in [1.82, 2.24) is 5.32 Å². The first-order valence-corrected chi connectivity index (χ1v) is 6.66. The molecule has 8 heteroatoms. The molecule has 0 aliphatic carbocycles. The topological polar surface area (TPSA) is 112 Å². The molecule has 0 bridgehead atoms. The number of hydrogen-bond donors (Lipinski definition) is 2. The van der Waals surface area contributed by atoms with Crippen molar-refractivity contribution in [3.63, 3.8) is 0 Å². The summed E-state index contributed by atoms with van der Waals surface area (Å²) in [6.45, 7) is 3.46. The molecular weight excluding hydrogens is 260 g/mol. The highest BCUT2D eigenvalue weighted by Crippen LogP contribution is 2.13. The number of nitrogens with two attached hydrogens (primary N) is 1. The van der Waals surface area contributed by atoms with Crippen molar-refractivity contribution in [3.8, 4) is 0 Å². The molecule has 7 nitrogen and oxygen atoms in total. The summed E-state index contributed by atoms with van der Waals surface area (Å²) >= 11 is 0. The molecule has 0 atom stereocenters. The molecule has 0 aromatic carbocycles. The Hall–Kier alpha value is -1.38. The number of hydrogen-bond acceptors (Lipinski definition) is 6. The van der Waals surface area contributed by atoms with E-state index in [1.54, 1.807) is 13.8 Å². The molecule has 1 aromatic heterocycles. The predicted molar refractivity (Wildman–Crippen MR) is 63.0 cm³/mol. The average Bonchev–Trinajstić information content (AvgIpc) is 2.73. The van der Waals surface area contributed by atoms with E-state index < -0.39 is 21.5 Å². The Balaban J connectivity index is 2.71. The van der Waals surface area contributed by atoms with Gasteiger partial charge in [0, 0.05) is 0 Å². The van der Waals surface area contributed by atoms with Crippen LogP contribution in [-0.2, 0) is 26.1 Å². The maximum Gasteiger partial charge on any atom is 0.325 e. The molecule has 0 saturated heterocycles. The van der Waals surface area contributed by atoms with Crippen molar-refractivity contribution < 1.29 is 22.4 Å². The van der Waals surface area contributed by atoms with E-state index in [4.69, 9.17) is 9.56 Å². The molecule has 0 radical (unpaired) electrons. The minimum atomic E-state index is -3.84. The summed E-state index contributed by atoms with van der Waals surface area (Å²) in [5.74, 6) is -0.0725. The lowest BCUT2D eigenvalue weighted by molar-refractivity contribution is -0.147. The Kier molecular flexibility index (Phi) is 4.15. The summed E-state index contributed by atoms with van der Waals surface area (Å²) in [6.07, 6.45) is 0. The monoisotopic (exact) mass is 276 g/mol. The molecule has 1 rings (SSSR count). The summed E-state index contributed by atoms with van der Waals surface area (Å²) in [4.78, 5) is 11.4. The molecule has 18 heavy (non-hydrogen) atoms. The lowest BCUT2D eigenvalue weighted by atomic mass is 10.1. The van der Waals surface area contributed by atoms with Gasteiger partial charge in [-0.3, -0.25) is 10.1 Å². The van der Waals surface area contributed by atoms with E-state index in [1.807, 2.05) is 0 Å². The number of esters is 1. The number of rotatable bonds is 5. The van der Waals surface area contributed by atoms with Crippen molar-refractivity contribution >= 4 is 16.0 Å². The minimum absolute atomic E-state index is 0.178. The molecule has 0 aliphatic heterocycles. The smallest absolute Gasteiger partial charge is 0.325 e. The van der Waals surface area contributed by atoms with Crippen LogP contribution in [0.25, 0.3) is 0 Å². The van der Waals surface area contributed by atoms with Gasteiger partial charge in [-0.25, -0.2) is 13.6 Å². The Morgan fingerprint density at radius 1 is 1.50 bits per heavy atom. The first-order chi connectivity index (χ1) is 8.16. The Morgan fingerprint density at radius 3 is 2.56 bits per heavy atom. The molecule has 102 valence electrons. The number of nitrogens with one attached hydrogen (secondary N) is 1. The van der Waals surface area contributed by atoms with Gasteiger partial charge in [-0.05, 0) is 26.0 Å². The van der Waals surface area contributed by atoms with Crippen LogP contribution < -0.4 is 10.5 Å². The molecule has 0 aliphatic rings. The SMILES string of the molecule is COC(=O)C(C)(C)NCc1ccc(S(N)(=O)=O)o1. The Morgan fingerprint density at radius 2 is 2.11 bits per heavy atom. The maximum absolute atomic E-state index is 11.4. The average molecular weight is 276 g/mol. The number of methoxy groups -OCH3 is 1. The van der Waals surface area contributed by atoms with Crippen LogP contribution in [0.4, 0.5) is 0 Å². The highest BCUT2D eigenvalue weighted by molar-refractivity contribution is 7.89. The molecule has 1 aromatic rings. The number of carbonyl (C=O) groups is 1. The van der Waals surface area contributed by atoms with E-state index in [0.29, 0.717) is 5.76 Å². The normalized spacial score (nSPS) is 12.4. The van der Waals surface area contributed by atoms with Crippen molar-refractivity contribution in [1.29, 1.82) is 0 Å². The number of ether oxygens (including phenoxy) is 1. The van der Waals surface area contributed by atoms with Gasteiger partial charge in [0.05, 0.1) is 13.7 Å².